The minimum Gasteiger partial charge on any atom is -0.550 e. The van der Waals surface area contributed by atoms with Crippen molar-refractivity contribution in [3.63, 3.8) is 0 Å². The number of ether oxygens (including phenoxy) is 3. The van der Waals surface area contributed by atoms with Gasteiger partial charge in [0.25, 0.3) is 0 Å². The molecule has 27 heavy (non-hydrogen) atoms. The molecule has 0 aromatic rings. The lowest BCUT2D eigenvalue weighted by Gasteiger charge is -2.43. The summed E-state index contributed by atoms with van der Waals surface area (Å²) in [6.07, 6.45) is -2.39. The standard InChI is InChI=1S/C17H33NO8S/c1-11-15(16(23)17(24-2)13(9-19)26-11)18-8-12(20)10-25-5-3-6-27-7-4-14(21)22/h11-13,15-20,23H,3-10H2,1-2H3,(H,21,22)/p-1. The first-order valence-corrected chi connectivity index (χ1v) is 10.3. The molecule has 0 saturated carbocycles. The Hall–Kier alpha value is -0.460. The van der Waals surface area contributed by atoms with E-state index in [2.05, 4.69) is 5.32 Å². The van der Waals surface area contributed by atoms with Crippen molar-refractivity contribution in [2.45, 2.75) is 56.3 Å². The Morgan fingerprint density at radius 3 is 2.78 bits per heavy atom. The zero-order chi connectivity index (χ0) is 20.2. The Morgan fingerprint density at radius 2 is 2.15 bits per heavy atom. The zero-order valence-electron chi connectivity index (χ0n) is 15.9. The van der Waals surface area contributed by atoms with E-state index in [1.807, 2.05) is 0 Å². The van der Waals surface area contributed by atoms with Crippen molar-refractivity contribution < 1.29 is 39.4 Å². The van der Waals surface area contributed by atoms with Crippen molar-refractivity contribution in [1.29, 1.82) is 0 Å². The molecule has 0 aliphatic carbocycles. The molecule has 10 heteroatoms. The van der Waals surface area contributed by atoms with Gasteiger partial charge in [-0.2, -0.15) is 11.8 Å². The summed E-state index contributed by atoms with van der Waals surface area (Å²) in [7, 11) is 1.45. The molecule has 0 amide bonds. The van der Waals surface area contributed by atoms with Crippen LogP contribution in [0.3, 0.4) is 0 Å². The highest BCUT2D eigenvalue weighted by atomic mass is 32.2. The average molecular weight is 411 g/mol. The number of hydrogen-bond acceptors (Lipinski definition) is 10. The van der Waals surface area contributed by atoms with Gasteiger partial charge in [0.05, 0.1) is 31.5 Å². The Bertz CT molecular complexity index is 416. The van der Waals surface area contributed by atoms with Gasteiger partial charge in [0, 0.05) is 26.2 Å². The molecule has 0 spiro atoms. The van der Waals surface area contributed by atoms with Crippen LogP contribution >= 0.6 is 11.8 Å². The number of nitrogens with one attached hydrogen (secondary N) is 1. The molecule has 1 aliphatic heterocycles. The van der Waals surface area contributed by atoms with Crippen LogP contribution in [-0.4, -0.2) is 103 Å². The highest BCUT2D eigenvalue weighted by molar-refractivity contribution is 7.99. The fraction of sp³-hybridized carbons (Fsp3) is 0.941. The van der Waals surface area contributed by atoms with Crippen LogP contribution in [0.25, 0.3) is 0 Å². The molecule has 1 saturated heterocycles. The van der Waals surface area contributed by atoms with Gasteiger partial charge in [-0.15, -0.1) is 0 Å². The number of carboxylic acids is 1. The van der Waals surface area contributed by atoms with E-state index in [0.717, 1.165) is 12.2 Å². The second-order valence-electron chi connectivity index (χ2n) is 6.50. The van der Waals surface area contributed by atoms with E-state index < -0.39 is 36.4 Å². The molecule has 6 atom stereocenters. The van der Waals surface area contributed by atoms with Crippen molar-refractivity contribution in [3.8, 4) is 0 Å². The molecule has 1 fully saturated rings. The summed E-state index contributed by atoms with van der Waals surface area (Å²) >= 11 is 1.53. The maximum atomic E-state index is 10.4. The Morgan fingerprint density at radius 1 is 1.41 bits per heavy atom. The summed E-state index contributed by atoms with van der Waals surface area (Å²) in [5, 5.41) is 43.1. The fourth-order valence-corrected chi connectivity index (χ4v) is 3.77. The number of aliphatic hydroxyl groups is 3. The molecule has 6 unspecified atom stereocenters. The van der Waals surface area contributed by atoms with Gasteiger partial charge in [0.1, 0.15) is 18.3 Å². The van der Waals surface area contributed by atoms with Crippen molar-refractivity contribution in [2.24, 2.45) is 0 Å². The summed E-state index contributed by atoms with van der Waals surface area (Å²) < 4.78 is 16.3. The first-order valence-electron chi connectivity index (χ1n) is 9.14. The lowest BCUT2D eigenvalue weighted by molar-refractivity contribution is -0.305. The third kappa shape index (κ3) is 9.05. The van der Waals surface area contributed by atoms with Crippen LogP contribution in [0.5, 0.6) is 0 Å². The smallest absolute Gasteiger partial charge is 0.113 e. The van der Waals surface area contributed by atoms with Crippen LogP contribution < -0.4 is 10.4 Å². The van der Waals surface area contributed by atoms with Crippen LogP contribution in [0, 0.1) is 0 Å². The number of carboxylic acid groups (broad SMARTS) is 1. The van der Waals surface area contributed by atoms with Gasteiger partial charge in [0.15, 0.2) is 0 Å². The second-order valence-corrected chi connectivity index (χ2v) is 7.73. The van der Waals surface area contributed by atoms with E-state index in [-0.39, 0.29) is 32.3 Å². The van der Waals surface area contributed by atoms with Crippen LogP contribution in [0.4, 0.5) is 0 Å². The van der Waals surface area contributed by atoms with Crippen molar-refractivity contribution >= 4 is 17.7 Å². The largest absolute Gasteiger partial charge is 0.550 e. The normalized spacial score (nSPS) is 29.6. The maximum Gasteiger partial charge on any atom is 0.113 e. The molecule has 4 N–H and O–H groups in total. The lowest BCUT2D eigenvalue weighted by Crippen LogP contribution is -2.63. The number of carbonyl (C=O) groups excluding carboxylic acids is 1. The Kier molecular flexibility index (Phi) is 12.4. The summed E-state index contributed by atoms with van der Waals surface area (Å²) in [5.74, 6) is 0.272. The van der Waals surface area contributed by atoms with Gasteiger partial charge in [-0.3, -0.25) is 0 Å². The first kappa shape index (κ1) is 24.6. The third-order valence-electron chi connectivity index (χ3n) is 4.35. The monoisotopic (exact) mass is 410 g/mol. The van der Waals surface area contributed by atoms with E-state index in [4.69, 9.17) is 14.2 Å². The highest BCUT2D eigenvalue weighted by Gasteiger charge is 2.43. The van der Waals surface area contributed by atoms with E-state index in [0.29, 0.717) is 12.4 Å². The molecule has 1 rings (SSSR count). The number of aliphatic carboxylic acids is 1. The van der Waals surface area contributed by atoms with Gasteiger partial charge in [-0.1, -0.05) is 0 Å². The Balaban J connectivity index is 2.18. The molecule has 0 aromatic carbocycles. The third-order valence-corrected chi connectivity index (χ3v) is 5.42. The highest BCUT2D eigenvalue weighted by Crippen LogP contribution is 2.22. The zero-order valence-corrected chi connectivity index (χ0v) is 16.7. The number of thioether (sulfide) groups is 1. The molecule has 0 bridgehead atoms. The van der Waals surface area contributed by atoms with Crippen LogP contribution in [0.15, 0.2) is 0 Å². The van der Waals surface area contributed by atoms with Crippen molar-refractivity contribution in [1.82, 2.24) is 5.32 Å². The quantitative estimate of drug-likeness (QED) is 0.232. The maximum absolute atomic E-state index is 10.4. The summed E-state index contributed by atoms with van der Waals surface area (Å²) in [4.78, 5) is 10.3. The molecular weight excluding hydrogens is 378 g/mol. The molecular formula is C17H32NO8S-. The predicted octanol–water partition coefficient (Wildman–Crippen LogP) is -2.26. The second kappa shape index (κ2) is 13.7. The van der Waals surface area contributed by atoms with Crippen LogP contribution in [0.2, 0.25) is 0 Å². The summed E-state index contributed by atoms with van der Waals surface area (Å²) in [6.45, 7) is 2.40. The lowest BCUT2D eigenvalue weighted by atomic mass is 9.93. The average Bonchev–Trinajstić information content (AvgIpc) is 2.62. The molecule has 1 heterocycles. The van der Waals surface area contributed by atoms with E-state index in [1.165, 1.54) is 18.9 Å². The van der Waals surface area contributed by atoms with Gasteiger partial charge in [0.2, 0.25) is 0 Å². The number of aliphatic hydroxyl groups excluding tert-OH is 3. The van der Waals surface area contributed by atoms with Gasteiger partial charge in [-0.25, -0.2) is 0 Å². The van der Waals surface area contributed by atoms with Gasteiger partial charge in [-0.05, 0) is 31.3 Å². The minimum atomic E-state index is -1.04. The molecule has 9 nitrogen and oxygen atoms in total. The molecule has 160 valence electrons. The predicted molar refractivity (Wildman–Crippen MR) is 98.4 cm³/mol. The van der Waals surface area contributed by atoms with Crippen LogP contribution in [0.1, 0.15) is 19.8 Å². The first-order chi connectivity index (χ1) is 12.9. The molecule has 1 aliphatic rings. The molecule has 0 aromatic heterocycles. The number of carbonyl (C=O) groups is 1. The minimum absolute atomic E-state index is 0.0496. The number of methoxy groups -OCH3 is 1. The number of hydrogen-bond donors (Lipinski definition) is 4. The van der Waals surface area contributed by atoms with Crippen molar-refractivity contribution in [3.05, 3.63) is 0 Å². The van der Waals surface area contributed by atoms with Gasteiger partial charge >= 0.3 is 0 Å². The van der Waals surface area contributed by atoms with E-state index >= 15 is 0 Å². The Labute approximate surface area is 164 Å². The summed E-state index contributed by atoms with van der Waals surface area (Å²) in [5.41, 5.74) is 0. The van der Waals surface area contributed by atoms with Gasteiger partial charge < -0.3 is 44.7 Å². The van der Waals surface area contributed by atoms with Crippen LogP contribution in [-0.2, 0) is 19.0 Å². The van der Waals surface area contributed by atoms with Crippen molar-refractivity contribution in [2.75, 3.05) is 45.0 Å². The fourth-order valence-electron chi connectivity index (χ4n) is 2.94. The number of rotatable bonds is 14. The summed E-state index contributed by atoms with van der Waals surface area (Å²) in [6, 6.07) is -0.437. The molecule has 0 radical (unpaired) electrons. The SMILES string of the molecule is COC1C(CO)OC(C)C(NCC(O)COCCCSCCC(=O)[O-])C1O. The topological polar surface area (TPSA) is 141 Å². The van der Waals surface area contributed by atoms with E-state index in [1.54, 1.807) is 6.92 Å². The van der Waals surface area contributed by atoms with E-state index in [9.17, 15) is 25.2 Å².